The third kappa shape index (κ3) is 2.14. The van der Waals surface area contributed by atoms with E-state index in [0.29, 0.717) is 12.3 Å². The molecule has 1 aliphatic rings. The van der Waals surface area contributed by atoms with E-state index in [2.05, 4.69) is 31.1 Å². The molecule has 14 heavy (non-hydrogen) atoms. The second kappa shape index (κ2) is 3.61. The molecule has 0 radical (unpaired) electrons. The van der Waals surface area contributed by atoms with Crippen molar-refractivity contribution in [1.29, 1.82) is 1.43 Å². The normalized spacial score (nSPS) is 40.4. The molecular weight excluding hydrogens is 178 g/mol. The lowest BCUT2D eigenvalue weighted by Gasteiger charge is -2.42. The zero-order valence-corrected chi connectivity index (χ0v) is 9.54. The molecule has 82 valence electrons. The van der Waals surface area contributed by atoms with Crippen LogP contribution in [0.15, 0.2) is 5.18 Å². The maximum absolute atomic E-state index is 10.9. The van der Waals surface area contributed by atoms with Gasteiger partial charge in [-0.05, 0) is 29.4 Å². The Morgan fingerprint density at radius 2 is 2.14 bits per heavy atom. The van der Waals surface area contributed by atoms with E-state index in [1.807, 2.05) is 6.92 Å². The number of rotatable bonds is 2. The van der Waals surface area contributed by atoms with Crippen LogP contribution in [0, 0.1) is 22.2 Å². The fourth-order valence-electron chi connectivity index (χ4n) is 2.20. The van der Waals surface area contributed by atoms with Gasteiger partial charge in [-0.1, -0.05) is 27.7 Å². The largest absolute Gasteiger partial charge is 0.366 e. The number of nitroso groups, excluding NO2 is 1. The Labute approximate surface area is 87.4 Å². The smallest absolute Gasteiger partial charge is 0.213 e. The van der Waals surface area contributed by atoms with Crippen LogP contribution in [-0.4, -0.2) is 12.3 Å². The molecule has 0 heterocycles. The van der Waals surface area contributed by atoms with E-state index in [0.717, 1.165) is 12.8 Å². The van der Waals surface area contributed by atoms with E-state index in [9.17, 15) is 4.91 Å². The maximum atomic E-state index is 10.9. The van der Waals surface area contributed by atoms with Gasteiger partial charge in [-0.3, -0.25) is 0 Å². The van der Waals surface area contributed by atoms with Gasteiger partial charge in [-0.2, -0.15) is 0 Å². The summed E-state index contributed by atoms with van der Waals surface area (Å²) in [6.07, 6.45) is 2.57. The Hall–Kier alpha value is -0.440. The molecule has 1 rings (SSSR count). The predicted octanol–water partition coefficient (Wildman–Crippen LogP) is 2.92. The number of hydrogen-bond donors (Lipinski definition) is 1. The molecule has 0 aromatic rings. The van der Waals surface area contributed by atoms with E-state index in [1.54, 1.807) is 0 Å². The molecule has 3 unspecified atom stereocenters. The van der Waals surface area contributed by atoms with Gasteiger partial charge in [-0.25, -0.2) is 0 Å². The van der Waals surface area contributed by atoms with E-state index >= 15 is 0 Å². The molecule has 0 bridgehead atoms. The van der Waals surface area contributed by atoms with Crippen molar-refractivity contribution in [3.63, 3.8) is 0 Å². The Kier molecular flexibility index (Phi) is 2.60. The number of hydrogen-bond acceptors (Lipinski definition) is 3. The summed E-state index contributed by atoms with van der Waals surface area (Å²) in [7, 11) is 0. The second-order valence-corrected chi connectivity index (χ2v) is 5.68. The van der Waals surface area contributed by atoms with Crippen molar-refractivity contribution in [1.82, 2.24) is 0 Å². The minimum atomic E-state index is -1.11. The Morgan fingerprint density at radius 3 is 2.57 bits per heavy atom. The van der Waals surface area contributed by atoms with Crippen molar-refractivity contribution < 1.29 is 5.11 Å². The molecule has 3 heteroatoms. The van der Waals surface area contributed by atoms with Crippen molar-refractivity contribution >= 4 is 0 Å². The summed E-state index contributed by atoms with van der Waals surface area (Å²) >= 11 is 0. The average molecular weight is 200 g/mol. The summed E-state index contributed by atoms with van der Waals surface area (Å²) in [5.74, 6) is 0.447. The first-order chi connectivity index (χ1) is 6.85. The zero-order chi connectivity index (χ0) is 11.7. The fraction of sp³-hybridized carbons (Fsp3) is 1.00. The minimum Gasteiger partial charge on any atom is -0.366 e. The van der Waals surface area contributed by atoms with Gasteiger partial charge < -0.3 is 5.11 Å². The molecule has 0 saturated heterocycles. The summed E-state index contributed by atoms with van der Waals surface area (Å²) < 4.78 is 7.08. The van der Waals surface area contributed by atoms with Gasteiger partial charge >= 0.3 is 0 Å². The molecule has 1 N–H and O–H groups in total. The van der Waals surface area contributed by atoms with E-state index in [4.69, 9.17) is 1.43 Å². The summed E-state index contributed by atoms with van der Waals surface area (Å²) in [6, 6.07) is 0. The zero-order valence-electron chi connectivity index (χ0n) is 10.5. The van der Waals surface area contributed by atoms with Gasteiger partial charge in [0, 0.05) is 12.3 Å². The monoisotopic (exact) mass is 200 g/mol. The van der Waals surface area contributed by atoms with E-state index < -0.39 is 5.72 Å². The van der Waals surface area contributed by atoms with Crippen molar-refractivity contribution in [2.45, 2.75) is 52.7 Å². The first kappa shape index (κ1) is 10.1. The van der Waals surface area contributed by atoms with Crippen LogP contribution in [-0.2, 0) is 0 Å². The lowest BCUT2D eigenvalue weighted by Crippen LogP contribution is -2.43. The van der Waals surface area contributed by atoms with Crippen molar-refractivity contribution in [3.8, 4) is 0 Å². The maximum Gasteiger partial charge on any atom is 0.213 e. The quantitative estimate of drug-likeness (QED) is 0.697. The minimum absolute atomic E-state index is 0.0473. The van der Waals surface area contributed by atoms with Crippen LogP contribution in [0.25, 0.3) is 0 Å². The van der Waals surface area contributed by atoms with Gasteiger partial charge in [0.2, 0.25) is 1.43 Å². The highest BCUT2D eigenvalue weighted by Gasteiger charge is 2.44. The van der Waals surface area contributed by atoms with Gasteiger partial charge in [0.1, 0.15) is 0 Å². The van der Waals surface area contributed by atoms with Gasteiger partial charge in [0.25, 0.3) is 0 Å². The fourth-order valence-corrected chi connectivity index (χ4v) is 2.20. The SMILES string of the molecule is [2H]OC1(N=O)CC(C(C)(C)C)CCC1C. The highest BCUT2D eigenvalue weighted by Crippen LogP contribution is 2.44. The van der Waals surface area contributed by atoms with Crippen LogP contribution in [0.4, 0.5) is 0 Å². The van der Waals surface area contributed by atoms with Crippen LogP contribution < -0.4 is 0 Å². The van der Waals surface area contributed by atoms with Gasteiger partial charge in [0.05, 0.1) is 0 Å². The lowest BCUT2D eigenvalue weighted by atomic mass is 9.67. The topological polar surface area (TPSA) is 49.7 Å². The third-order valence-corrected chi connectivity index (χ3v) is 3.64. The van der Waals surface area contributed by atoms with Gasteiger partial charge in [0.15, 0.2) is 5.72 Å². The third-order valence-electron chi connectivity index (χ3n) is 3.64. The van der Waals surface area contributed by atoms with Crippen molar-refractivity contribution in [3.05, 3.63) is 4.91 Å². The van der Waals surface area contributed by atoms with Crippen LogP contribution in [0.2, 0.25) is 0 Å². The van der Waals surface area contributed by atoms with E-state index in [-0.39, 0.29) is 11.3 Å². The lowest BCUT2D eigenvalue weighted by molar-refractivity contribution is -0.0716. The van der Waals surface area contributed by atoms with Crippen LogP contribution in [0.1, 0.15) is 47.0 Å². The summed E-state index contributed by atoms with van der Waals surface area (Å²) in [5, 5.41) is 7.72. The van der Waals surface area contributed by atoms with Crippen LogP contribution in [0.5, 0.6) is 0 Å². The first-order valence-corrected chi connectivity index (χ1v) is 5.34. The number of nitrogens with zero attached hydrogens (tertiary/aromatic N) is 1. The number of aliphatic hydroxyl groups is 1. The summed E-state index contributed by atoms with van der Waals surface area (Å²) in [6.45, 7) is 8.42. The van der Waals surface area contributed by atoms with Gasteiger partial charge in [-0.15, -0.1) is 4.91 Å². The van der Waals surface area contributed by atoms with Crippen LogP contribution >= 0.6 is 0 Å². The standard InChI is InChI=1S/C11H21NO2/c1-8-5-6-9(10(2,3)4)7-11(8,13)12-14/h8-9,13H,5-7H2,1-4H3/i13D. The second-order valence-electron chi connectivity index (χ2n) is 5.68. The van der Waals surface area contributed by atoms with Crippen LogP contribution in [0.3, 0.4) is 0 Å². The highest BCUT2D eigenvalue weighted by atomic mass is 16.4. The molecule has 3 atom stereocenters. The molecule has 3 nitrogen and oxygen atoms in total. The Morgan fingerprint density at radius 1 is 1.50 bits per heavy atom. The highest BCUT2D eigenvalue weighted by molar-refractivity contribution is 4.92. The summed E-state index contributed by atoms with van der Waals surface area (Å²) in [4.78, 5) is 10.9. The molecule has 0 aromatic heterocycles. The molecule has 0 amide bonds. The van der Waals surface area contributed by atoms with Crippen molar-refractivity contribution in [2.24, 2.45) is 22.4 Å². The molecule has 0 aromatic carbocycles. The molecular formula is C11H21NO2. The predicted molar refractivity (Wildman–Crippen MR) is 56.7 cm³/mol. The van der Waals surface area contributed by atoms with E-state index in [1.165, 1.54) is 0 Å². The first-order valence-electron chi connectivity index (χ1n) is 5.75. The summed E-state index contributed by atoms with van der Waals surface area (Å²) in [5.41, 5.74) is -0.967. The molecule has 0 aliphatic heterocycles. The molecule has 1 fully saturated rings. The van der Waals surface area contributed by atoms with Crippen molar-refractivity contribution in [2.75, 3.05) is 0 Å². The Balaban J connectivity index is 2.84. The molecule has 0 spiro atoms. The average Bonchev–Trinajstić information content (AvgIpc) is 2.17. The Bertz CT molecular complexity index is 239. The molecule has 1 saturated carbocycles. The molecule has 1 aliphatic carbocycles.